The molecule has 0 aromatic heterocycles. The fourth-order valence-corrected chi connectivity index (χ4v) is 2.80. The maximum Gasteiger partial charge on any atom is 0.323 e. The molecule has 4 amide bonds. The molecule has 0 saturated carbocycles. The van der Waals surface area contributed by atoms with Crippen LogP contribution >= 0.6 is 0 Å². The van der Waals surface area contributed by atoms with Crippen LogP contribution in [0.5, 0.6) is 0 Å². The van der Waals surface area contributed by atoms with Gasteiger partial charge in [0.05, 0.1) is 16.8 Å². The molecule has 1 aliphatic heterocycles. The van der Waals surface area contributed by atoms with E-state index >= 15 is 0 Å². The molecule has 0 unspecified atom stereocenters. The van der Waals surface area contributed by atoms with E-state index < -0.39 is 35.0 Å². The zero-order valence-electron chi connectivity index (χ0n) is 14.9. The van der Waals surface area contributed by atoms with Gasteiger partial charge in [-0.15, -0.1) is 0 Å². The number of hydrogen-bond acceptors (Lipinski definition) is 3. The van der Waals surface area contributed by atoms with Crippen LogP contribution in [0.15, 0.2) is 36.4 Å². The van der Waals surface area contributed by atoms with Gasteiger partial charge in [0.15, 0.2) is 0 Å². The van der Waals surface area contributed by atoms with Crippen LogP contribution in [0.25, 0.3) is 0 Å². The lowest BCUT2D eigenvalue weighted by molar-refractivity contribution is 0.0507. The Balaban J connectivity index is 1.79. The summed E-state index contributed by atoms with van der Waals surface area (Å²) in [6.07, 6.45) is 0. The van der Waals surface area contributed by atoms with Gasteiger partial charge in [0.2, 0.25) is 0 Å². The first kappa shape index (κ1) is 18.5. The van der Waals surface area contributed by atoms with Gasteiger partial charge in [-0.2, -0.15) is 0 Å². The van der Waals surface area contributed by atoms with Crippen LogP contribution in [0.1, 0.15) is 41.5 Å². The summed E-state index contributed by atoms with van der Waals surface area (Å²) in [4.78, 5) is 38.2. The van der Waals surface area contributed by atoms with Crippen molar-refractivity contribution in [2.24, 2.45) is 0 Å². The fraction of sp³-hybridized carbons (Fsp3) is 0.211. The number of benzene rings is 2. The first-order valence-electron chi connectivity index (χ1n) is 8.14. The zero-order valence-corrected chi connectivity index (χ0v) is 14.9. The molecule has 6 nitrogen and oxygen atoms in total. The third-order valence-corrected chi connectivity index (χ3v) is 3.99. The highest BCUT2D eigenvalue weighted by Crippen LogP contribution is 2.31. The predicted octanol–water partition coefficient (Wildman–Crippen LogP) is 4.00. The zero-order chi connectivity index (χ0) is 19.9. The van der Waals surface area contributed by atoms with Crippen molar-refractivity contribution in [2.75, 3.05) is 10.6 Å². The van der Waals surface area contributed by atoms with E-state index in [1.807, 2.05) is 0 Å². The van der Waals surface area contributed by atoms with Crippen molar-refractivity contribution in [3.8, 4) is 0 Å². The Kier molecular flexibility index (Phi) is 4.43. The van der Waals surface area contributed by atoms with Crippen LogP contribution in [0, 0.1) is 11.6 Å². The van der Waals surface area contributed by atoms with Crippen molar-refractivity contribution in [2.45, 2.75) is 26.3 Å². The van der Waals surface area contributed by atoms with Crippen molar-refractivity contribution in [1.82, 2.24) is 4.90 Å². The number of amides is 4. The van der Waals surface area contributed by atoms with E-state index in [0.29, 0.717) is 6.07 Å². The van der Waals surface area contributed by atoms with E-state index in [1.54, 1.807) is 20.8 Å². The lowest BCUT2D eigenvalue weighted by Gasteiger charge is -2.29. The lowest BCUT2D eigenvalue weighted by Crippen LogP contribution is -2.45. The molecular weight excluding hydrogens is 356 g/mol. The molecule has 27 heavy (non-hydrogen) atoms. The molecule has 3 rings (SSSR count). The second-order valence-corrected chi connectivity index (χ2v) is 7.08. The third-order valence-electron chi connectivity index (χ3n) is 3.99. The first-order chi connectivity index (χ1) is 12.6. The molecule has 0 bridgehead atoms. The highest BCUT2D eigenvalue weighted by atomic mass is 19.1. The second kappa shape index (κ2) is 6.46. The monoisotopic (exact) mass is 373 g/mol. The molecule has 0 atom stereocenters. The van der Waals surface area contributed by atoms with E-state index in [9.17, 15) is 23.2 Å². The van der Waals surface area contributed by atoms with Gasteiger partial charge in [-0.3, -0.25) is 14.5 Å². The van der Waals surface area contributed by atoms with Gasteiger partial charge in [-0.1, -0.05) is 0 Å². The summed E-state index contributed by atoms with van der Waals surface area (Å²) in [6.45, 7) is 5.25. The van der Waals surface area contributed by atoms with Crippen LogP contribution in [0.2, 0.25) is 0 Å². The lowest BCUT2D eigenvalue weighted by atomic mass is 10.1. The summed E-state index contributed by atoms with van der Waals surface area (Å²) in [6, 6.07) is 6.30. The van der Waals surface area contributed by atoms with Gasteiger partial charge >= 0.3 is 6.03 Å². The number of halogens is 2. The Hall–Kier alpha value is -3.29. The smallest absolute Gasteiger partial charge is 0.308 e. The number of rotatable bonds is 2. The molecule has 2 aromatic carbocycles. The fourth-order valence-electron chi connectivity index (χ4n) is 2.80. The van der Waals surface area contributed by atoms with Gasteiger partial charge in [-0.05, 0) is 51.1 Å². The molecule has 0 radical (unpaired) electrons. The molecule has 140 valence electrons. The van der Waals surface area contributed by atoms with E-state index in [2.05, 4.69) is 10.6 Å². The van der Waals surface area contributed by atoms with Gasteiger partial charge in [0, 0.05) is 17.3 Å². The minimum absolute atomic E-state index is 0.181. The number of nitrogens with one attached hydrogen (secondary N) is 2. The first-order valence-corrected chi connectivity index (χ1v) is 8.14. The van der Waals surface area contributed by atoms with Crippen molar-refractivity contribution >= 4 is 29.2 Å². The summed E-state index contributed by atoms with van der Waals surface area (Å²) in [5.74, 6) is -2.52. The molecule has 1 heterocycles. The van der Waals surface area contributed by atoms with Gasteiger partial charge in [0.1, 0.15) is 11.6 Å². The molecule has 2 N–H and O–H groups in total. The van der Waals surface area contributed by atoms with Crippen LogP contribution in [-0.2, 0) is 0 Å². The second-order valence-electron chi connectivity index (χ2n) is 7.08. The minimum atomic E-state index is -0.916. The average Bonchev–Trinajstić information content (AvgIpc) is 2.81. The summed E-state index contributed by atoms with van der Waals surface area (Å²) >= 11 is 0. The average molecular weight is 373 g/mol. The highest BCUT2D eigenvalue weighted by molar-refractivity contribution is 6.22. The van der Waals surface area contributed by atoms with Gasteiger partial charge in [-0.25, -0.2) is 13.6 Å². The molecule has 0 spiro atoms. The number of hydrogen-bond donors (Lipinski definition) is 2. The van der Waals surface area contributed by atoms with Gasteiger partial charge in [0.25, 0.3) is 11.8 Å². The Morgan fingerprint density at radius 3 is 2.22 bits per heavy atom. The number of carbonyl (C=O) groups is 3. The Bertz CT molecular complexity index is 967. The largest absolute Gasteiger partial charge is 0.323 e. The van der Waals surface area contributed by atoms with Crippen molar-refractivity contribution < 1.29 is 23.2 Å². The SMILES string of the molecule is CC(C)(C)N1C(=O)c2ccc(NC(=O)Nc3ccc(F)cc3F)cc2C1=O. The van der Waals surface area contributed by atoms with E-state index in [1.165, 1.54) is 18.2 Å². The van der Waals surface area contributed by atoms with E-state index in [4.69, 9.17) is 0 Å². The van der Waals surface area contributed by atoms with Crippen molar-refractivity contribution in [1.29, 1.82) is 0 Å². The molecular formula is C19H17F2N3O3. The Morgan fingerprint density at radius 1 is 0.926 bits per heavy atom. The molecule has 2 aromatic rings. The quantitative estimate of drug-likeness (QED) is 0.781. The topological polar surface area (TPSA) is 78.5 Å². The van der Waals surface area contributed by atoms with Crippen LogP contribution in [0.4, 0.5) is 25.0 Å². The predicted molar refractivity (Wildman–Crippen MR) is 95.7 cm³/mol. The maximum atomic E-state index is 13.6. The highest BCUT2D eigenvalue weighted by Gasteiger charge is 2.41. The minimum Gasteiger partial charge on any atom is -0.308 e. The molecule has 0 aliphatic carbocycles. The maximum absolute atomic E-state index is 13.6. The molecule has 1 aliphatic rings. The van der Waals surface area contributed by atoms with E-state index in [-0.39, 0.29) is 22.5 Å². The summed E-state index contributed by atoms with van der Waals surface area (Å²) in [7, 11) is 0. The molecule has 0 fully saturated rings. The Labute approximate surface area is 154 Å². The normalized spacial score (nSPS) is 13.6. The number of imide groups is 1. The third kappa shape index (κ3) is 3.51. The van der Waals surface area contributed by atoms with Crippen LogP contribution < -0.4 is 10.6 Å². The van der Waals surface area contributed by atoms with Crippen LogP contribution in [-0.4, -0.2) is 28.3 Å². The van der Waals surface area contributed by atoms with Gasteiger partial charge < -0.3 is 10.6 Å². The number of anilines is 2. The van der Waals surface area contributed by atoms with Crippen molar-refractivity contribution in [3.63, 3.8) is 0 Å². The van der Waals surface area contributed by atoms with Crippen molar-refractivity contribution in [3.05, 3.63) is 59.2 Å². The summed E-state index contributed by atoms with van der Waals surface area (Å²) < 4.78 is 26.5. The summed E-state index contributed by atoms with van der Waals surface area (Å²) in [5.41, 5.74) is -0.185. The summed E-state index contributed by atoms with van der Waals surface area (Å²) in [5, 5.41) is 4.71. The standard InChI is InChI=1S/C19H17F2N3O3/c1-19(2,3)24-16(25)12-6-5-11(9-13(12)17(24)26)22-18(27)23-15-7-4-10(20)8-14(15)21/h4-9H,1-3H3,(H2,22,23,27). The van der Waals surface area contributed by atoms with Crippen LogP contribution in [0.3, 0.4) is 0 Å². The molecule has 8 heteroatoms. The molecule has 0 saturated heterocycles. The van der Waals surface area contributed by atoms with E-state index in [0.717, 1.165) is 17.0 Å². The Morgan fingerprint density at radius 2 is 1.59 bits per heavy atom. The number of carbonyl (C=O) groups excluding carboxylic acids is 3. The number of nitrogens with zero attached hydrogens (tertiary/aromatic N) is 1. The number of urea groups is 1. The number of fused-ring (bicyclic) bond motifs is 1.